The van der Waals surface area contributed by atoms with Crippen LogP contribution in [0.2, 0.25) is 0 Å². The summed E-state index contributed by atoms with van der Waals surface area (Å²) in [5.41, 5.74) is 7.74. The van der Waals surface area contributed by atoms with E-state index in [1.165, 1.54) is 6.92 Å². The maximum Gasteiger partial charge on any atom is 0.175 e. The van der Waals surface area contributed by atoms with Gasteiger partial charge in [-0.1, -0.05) is 0 Å². The number of aromatic nitrogens is 1. The molecule has 0 aliphatic heterocycles. The number of anilines is 1. The summed E-state index contributed by atoms with van der Waals surface area (Å²) in [6.45, 7) is 1.52. The number of Topliss-reactive ketones (excluding diaryl/α,β-unsaturated/α-hetero) is 1. The van der Waals surface area contributed by atoms with Crippen LogP contribution in [0.3, 0.4) is 0 Å². The SMILES string of the molecule is COc1cc2cc(C(C)=O)[nH]c2cc1N. The second kappa shape index (κ2) is 3.31. The number of carbonyl (C=O) groups is 1. The van der Waals surface area contributed by atoms with Crippen molar-refractivity contribution >= 4 is 22.4 Å². The molecule has 0 fully saturated rings. The first-order valence-corrected chi connectivity index (χ1v) is 4.59. The van der Waals surface area contributed by atoms with Gasteiger partial charge in [0.1, 0.15) is 5.75 Å². The normalized spacial score (nSPS) is 10.5. The number of ketones is 1. The van der Waals surface area contributed by atoms with Gasteiger partial charge in [0.15, 0.2) is 5.78 Å². The fourth-order valence-corrected chi connectivity index (χ4v) is 1.54. The number of methoxy groups -OCH3 is 1. The van der Waals surface area contributed by atoms with Gasteiger partial charge in [-0.15, -0.1) is 0 Å². The molecule has 0 amide bonds. The largest absolute Gasteiger partial charge is 0.495 e. The number of aromatic amines is 1. The third kappa shape index (κ3) is 1.54. The number of rotatable bonds is 2. The van der Waals surface area contributed by atoms with Crippen LogP contribution in [-0.2, 0) is 0 Å². The first-order valence-electron chi connectivity index (χ1n) is 4.59. The van der Waals surface area contributed by atoms with Gasteiger partial charge < -0.3 is 15.5 Å². The molecule has 78 valence electrons. The Balaban J connectivity index is 2.66. The fourth-order valence-electron chi connectivity index (χ4n) is 1.54. The number of nitrogen functional groups attached to an aromatic ring is 1. The van der Waals surface area contributed by atoms with E-state index in [0.717, 1.165) is 10.9 Å². The minimum absolute atomic E-state index is 0.00346. The summed E-state index contributed by atoms with van der Waals surface area (Å²) >= 11 is 0. The summed E-state index contributed by atoms with van der Waals surface area (Å²) in [6, 6.07) is 5.37. The number of hydrogen-bond donors (Lipinski definition) is 2. The van der Waals surface area contributed by atoms with Gasteiger partial charge >= 0.3 is 0 Å². The predicted octanol–water partition coefficient (Wildman–Crippen LogP) is 1.96. The zero-order chi connectivity index (χ0) is 11.0. The smallest absolute Gasteiger partial charge is 0.175 e. The molecule has 0 aliphatic carbocycles. The van der Waals surface area contributed by atoms with Gasteiger partial charge in [0.25, 0.3) is 0 Å². The molecule has 0 atom stereocenters. The second-order valence-corrected chi connectivity index (χ2v) is 3.42. The highest BCUT2D eigenvalue weighted by atomic mass is 16.5. The standard InChI is InChI=1S/C11H12N2O2/c1-6(14)9-3-7-4-11(15-2)8(12)5-10(7)13-9/h3-5,13H,12H2,1-2H3. The summed E-state index contributed by atoms with van der Waals surface area (Å²) in [5, 5.41) is 0.922. The van der Waals surface area contributed by atoms with E-state index >= 15 is 0 Å². The quantitative estimate of drug-likeness (QED) is 0.580. The Hall–Kier alpha value is -1.97. The molecule has 0 unspecified atom stereocenters. The van der Waals surface area contributed by atoms with Crippen LogP contribution in [0.15, 0.2) is 18.2 Å². The van der Waals surface area contributed by atoms with Crippen molar-refractivity contribution < 1.29 is 9.53 Å². The lowest BCUT2D eigenvalue weighted by atomic mass is 10.2. The molecule has 0 bridgehead atoms. The Kier molecular flexibility index (Phi) is 2.11. The molecule has 0 spiro atoms. The minimum Gasteiger partial charge on any atom is -0.495 e. The molecular formula is C11H12N2O2. The first-order chi connectivity index (χ1) is 7.11. The van der Waals surface area contributed by atoms with Gasteiger partial charge in [0.2, 0.25) is 0 Å². The second-order valence-electron chi connectivity index (χ2n) is 3.42. The Morgan fingerprint density at radius 1 is 1.40 bits per heavy atom. The third-order valence-electron chi connectivity index (χ3n) is 2.35. The lowest BCUT2D eigenvalue weighted by Crippen LogP contribution is -1.91. The summed E-state index contributed by atoms with van der Waals surface area (Å²) in [6.07, 6.45) is 0. The highest BCUT2D eigenvalue weighted by molar-refractivity contribution is 5.99. The number of fused-ring (bicyclic) bond motifs is 1. The zero-order valence-corrected chi connectivity index (χ0v) is 8.63. The monoisotopic (exact) mass is 204 g/mol. The van der Waals surface area contributed by atoms with Crippen LogP contribution in [0.4, 0.5) is 5.69 Å². The molecule has 1 aromatic carbocycles. The molecule has 3 N–H and O–H groups in total. The Bertz CT molecular complexity index is 529. The lowest BCUT2D eigenvalue weighted by molar-refractivity contribution is 0.101. The van der Waals surface area contributed by atoms with Gasteiger partial charge in [0.05, 0.1) is 18.5 Å². The van der Waals surface area contributed by atoms with Crippen LogP contribution in [0, 0.1) is 0 Å². The number of H-pyrrole nitrogens is 1. The summed E-state index contributed by atoms with van der Waals surface area (Å²) in [4.78, 5) is 14.2. The van der Waals surface area contributed by atoms with Crippen LogP contribution in [0.1, 0.15) is 17.4 Å². The maximum absolute atomic E-state index is 11.2. The fraction of sp³-hybridized carbons (Fsp3) is 0.182. The molecule has 0 saturated carbocycles. The zero-order valence-electron chi connectivity index (χ0n) is 8.63. The topological polar surface area (TPSA) is 68.1 Å². The summed E-state index contributed by atoms with van der Waals surface area (Å²) < 4.78 is 5.10. The van der Waals surface area contributed by atoms with Crippen molar-refractivity contribution in [2.45, 2.75) is 6.92 Å². The van der Waals surface area contributed by atoms with E-state index in [9.17, 15) is 4.79 Å². The highest BCUT2D eigenvalue weighted by Crippen LogP contribution is 2.28. The van der Waals surface area contributed by atoms with Gasteiger partial charge in [0, 0.05) is 17.8 Å². The summed E-state index contributed by atoms with van der Waals surface area (Å²) in [5.74, 6) is 0.625. The van der Waals surface area contributed by atoms with Gasteiger partial charge in [-0.3, -0.25) is 4.79 Å². The number of hydrogen-bond acceptors (Lipinski definition) is 3. The molecule has 15 heavy (non-hydrogen) atoms. The molecule has 0 radical (unpaired) electrons. The van der Waals surface area contributed by atoms with Crippen molar-refractivity contribution in [2.24, 2.45) is 0 Å². The van der Waals surface area contributed by atoms with Gasteiger partial charge in [-0.05, 0) is 18.2 Å². The molecule has 2 aromatic rings. The summed E-state index contributed by atoms with van der Waals surface area (Å²) in [7, 11) is 1.57. The van der Waals surface area contributed by atoms with Gasteiger partial charge in [-0.2, -0.15) is 0 Å². The Morgan fingerprint density at radius 2 is 2.13 bits per heavy atom. The number of carbonyl (C=O) groups excluding carboxylic acids is 1. The van der Waals surface area contributed by atoms with E-state index in [-0.39, 0.29) is 5.78 Å². The molecule has 1 heterocycles. The van der Waals surface area contributed by atoms with E-state index in [0.29, 0.717) is 17.1 Å². The Morgan fingerprint density at radius 3 is 2.73 bits per heavy atom. The predicted molar refractivity (Wildman–Crippen MR) is 59.3 cm³/mol. The first kappa shape index (κ1) is 9.58. The number of nitrogens with one attached hydrogen (secondary N) is 1. The average molecular weight is 204 g/mol. The van der Waals surface area contributed by atoms with E-state index < -0.39 is 0 Å². The molecule has 0 aliphatic rings. The van der Waals surface area contributed by atoms with Crippen LogP contribution in [-0.4, -0.2) is 17.9 Å². The lowest BCUT2D eigenvalue weighted by Gasteiger charge is -2.03. The van der Waals surface area contributed by atoms with Crippen molar-refractivity contribution in [1.82, 2.24) is 4.98 Å². The third-order valence-corrected chi connectivity index (χ3v) is 2.35. The van der Waals surface area contributed by atoms with E-state index in [1.54, 1.807) is 19.2 Å². The number of benzene rings is 1. The molecule has 4 heteroatoms. The van der Waals surface area contributed by atoms with Crippen molar-refractivity contribution in [3.63, 3.8) is 0 Å². The van der Waals surface area contributed by atoms with Crippen LogP contribution in [0.5, 0.6) is 5.75 Å². The van der Waals surface area contributed by atoms with E-state index in [2.05, 4.69) is 4.98 Å². The van der Waals surface area contributed by atoms with Crippen LogP contribution >= 0.6 is 0 Å². The number of ether oxygens (including phenoxy) is 1. The highest BCUT2D eigenvalue weighted by Gasteiger charge is 2.07. The molecule has 1 aromatic heterocycles. The molecule has 2 rings (SSSR count). The van der Waals surface area contributed by atoms with Crippen molar-refractivity contribution in [2.75, 3.05) is 12.8 Å². The van der Waals surface area contributed by atoms with Crippen molar-refractivity contribution in [3.05, 3.63) is 23.9 Å². The molecule has 4 nitrogen and oxygen atoms in total. The van der Waals surface area contributed by atoms with Crippen molar-refractivity contribution in [1.29, 1.82) is 0 Å². The van der Waals surface area contributed by atoms with E-state index in [1.807, 2.05) is 6.07 Å². The van der Waals surface area contributed by atoms with E-state index in [4.69, 9.17) is 10.5 Å². The minimum atomic E-state index is 0.00346. The van der Waals surface area contributed by atoms with Gasteiger partial charge in [-0.25, -0.2) is 0 Å². The number of nitrogens with two attached hydrogens (primary N) is 1. The molecular weight excluding hydrogens is 192 g/mol. The van der Waals surface area contributed by atoms with Crippen LogP contribution in [0.25, 0.3) is 10.9 Å². The molecule has 0 saturated heterocycles. The Labute approximate surface area is 87.0 Å². The average Bonchev–Trinajstić information content (AvgIpc) is 2.59. The van der Waals surface area contributed by atoms with Crippen LogP contribution < -0.4 is 10.5 Å². The van der Waals surface area contributed by atoms with Crippen molar-refractivity contribution in [3.8, 4) is 5.75 Å². The maximum atomic E-state index is 11.2.